The molecule has 126 valence electrons. The fourth-order valence-electron chi connectivity index (χ4n) is 3.39. The van der Waals surface area contributed by atoms with Crippen molar-refractivity contribution in [1.82, 2.24) is 14.9 Å². The van der Waals surface area contributed by atoms with E-state index >= 15 is 0 Å². The minimum absolute atomic E-state index is 0.0978. The Hall–Kier alpha value is -2.27. The van der Waals surface area contributed by atoms with Gasteiger partial charge in [0.1, 0.15) is 0 Å². The molecule has 2 atom stereocenters. The summed E-state index contributed by atoms with van der Waals surface area (Å²) in [5.74, 6) is 0.445. The molecule has 1 aliphatic heterocycles. The number of rotatable bonds is 4. The molecule has 0 spiro atoms. The first-order valence-electron chi connectivity index (χ1n) is 8.32. The summed E-state index contributed by atoms with van der Waals surface area (Å²) < 4.78 is 5.67. The molecule has 24 heavy (non-hydrogen) atoms. The molecule has 1 saturated heterocycles. The molecular weight excluding hydrogens is 302 g/mol. The summed E-state index contributed by atoms with van der Waals surface area (Å²) in [6, 6.07) is 10.2. The van der Waals surface area contributed by atoms with Crippen LogP contribution in [0.5, 0.6) is 0 Å². The van der Waals surface area contributed by atoms with E-state index in [2.05, 4.69) is 41.2 Å². The molecule has 5 heteroatoms. The van der Waals surface area contributed by atoms with Gasteiger partial charge >= 0.3 is 0 Å². The van der Waals surface area contributed by atoms with Crippen molar-refractivity contribution >= 4 is 5.91 Å². The maximum Gasteiger partial charge on any atom is 0.291 e. The lowest BCUT2D eigenvalue weighted by Gasteiger charge is -2.37. The molecule has 0 unspecified atom stereocenters. The van der Waals surface area contributed by atoms with Gasteiger partial charge in [-0.15, -0.1) is 0 Å². The Bertz CT molecular complexity index is 690. The maximum absolute atomic E-state index is 12.6. The van der Waals surface area contributed by atoms with Crippen LogP contribution in [0.2, 0.25) is 0 Å². The molecule has 2 aromatic rings. The number of aryl methyl sites for hydroxylation is 1. The number of piperidine rings is 1. The van der Waals surface area contributed by atoms with Crippen LogP contribution in [0.1, 0.15) is 28.2 Å². The number of amides is 1. The Morgan fingerprint density at radius 1 is 1.29 bits per heavy atom. The van der Waals surface area contributed by atoms with Gasteiger partial charge in [-0.3, -0.25) is 4.79 Å². The highest BCUT2D eigenvalue weighted by Gasteiger charge is 2.32. The molecule has 2 heterocycles. The molecule has 0 radical (unpaired) electrons. The maximum atomic E-state index is 12.6. The normalized spacial score (nSPS) is 20.8. The van der Waals surface area contributed by atoms with Crippen LogP contribution in [-0.2, 0) is 11.2 Å². The van der Waals surface area contributed by atoms with Gasteiger partial charge in [-0.05, 0) is 31.4 Å². The molecule has 0 aliphatic carbocycles. The third kappa shape index (κ3) is 3.79. The number of ether oxygens (including phenoxy) is 1. The molecule has 1 aromatic heterocycles. The first-order chi connectivity index (χ1) is 11.7. The fraction of sp³-hybridized carbons (Fsp3) is 0.421. The second-order valence-corrected chi connectivity index (χ2v) is 6.34. The third-order valence-corrected chi connectivity index (χ3v) is 4.59. The van der Waals surface area contributed by atoms with E-state index in [9.17, 15) is 4.79 Å². The predicted octanol–water partition coefficient (Wildman–Crippen LogP) is 2.50. The molecule has 3 rings (SSSR count). The summed E-state index contributed by atoms with van der Waals surface area (Å²) in [5, 5.41) is 0. The van der Waals surface area contributed by atoms with E-state index in [-0.39, 0.29) is 23.8 Å². The van der Waals surface area contributed by atoms with Gasteiger partial charge in [0.15, 0.2) is 0 Å². The number of aromatic nitrogens is 2. The number of methoxy groups -OCH3 is 1. The molecule has 1 amide bonds. The summed E-state index contributed by atoms with van der Waals surface area (Å²) in [6.07, 6.45) is 5.12. The summed E-state index contributed by atoms with van der Waals surface area (Å²) >= 11 is 0. The van der Waals surface area contributed by atoms with Gasteiger partial charge in [0.2, 0.25) is 5.82 Å². The first kappa shape index (κ1) is 16.6. The highest BCUT2D eigenvalue weighted by Crippen LogP contribution is 2.24. The Morgan fingerprint density at radius 2 is 2.08 bits per heavy atom. The SMILES string of the molecule is CO[C@H]1CCN(C(=O)c2ncccn2)C[C@H]1Cc1cccc(C)c1. The van der Waals surface area contributed by atoms with E-state index in [0.717, 1.165) is 12.8 Å². The third-order valence-electron chi connectivity index (χ3n) is 4.59. The van der Waals surface area contributed by atoms with Crippen molar-refractivity contribution in [3.63, 3.8) is 0 Å². The van der Waals surface area contributed by atoms with Crippen molar-refractivity contribution < 1.29 is 9.53 Å². The topological polar surface area (TPSA) is 55.3 Å². The molecular formula is C19H23N3O2. The van der Waals surface area contributed by atoms with E-state index < -0.39 is 0 Å². The Kier molecular flexibility index (Phi) is 5.20. The number of benzene rings is 1. The monoisotopic (exact) mass is 325 g/mol. The van der Waals surface area contributed by atoms with Crippen LogP contribution in [-0.4, -0.2) is 47.1 Å². The van der Waals surface area contributed by atoms with Crippen molar-refractivity contribution in [2.75, 3.05) is 20.2 Å². The summed E-state index contributed by atoms with van der Waals surface area (Å²) in [4.78, 5) is 22.6. The Labute approximate surface area is 142 Å². The van der Waals surface area contributed by atoms with Gasteiger partial charge in [0.05, 0.1) is 6.10 Å². The second-order valence-electron chi connectivity index (χ2n) is 6.34. The van der Waals surface area contributed by atoms with Crippen molar-refractivity contribution in [2.24, 2.45) is 5.92 Å². The number of hydrogen-bond acceptors (Lipinski definition) is 4. The minimum atomic E-state index is -0.0978. The summed E-state index contributed by atoms with van der Waals surface area (Å²) in [6.45, 7) is 3.45. The standard InChI is InChI=1S/C19H23N3O2/c1-14-5-3-6-15(11-14)12-16-13-22(10-7-17(16)24-2)19(23)18-20-8-4-9-21-18/h3-6,8-9,11,16-17H,7,10,12-13H2,1-2H3/t16-,17+/m1/s1. The highest BCUT2D eigenvalue weighted by atomic mass is 16.5. The molecule has 1 aliphatic rings. The van der Waals surface area contributed by atoms with Crippen molar-refractivity contribution in [3.8, 4) is 0 Å². The minimum Gasteiger partial charge on any atom is -0.381 e. The smallest absolute Gasteiger partial charge is 0.291 e. The fourth-order valence-corrected chi connectivity index (χ4v) is 3.39. The van der Waals surface area contributed by atoms with Gasteiger partial charge in [0, 0.05) is 38.5 Å². The summed E-state index contributed by atoms with van der Waals surface area (Å²) in [5.41, 5.74) is 2.54. The summed E-state index contributed by atoms with van der Waals surface area (Å²) in [7, 11) is 1.76. The second kappa shape index (κ2) is 7.53. The van der Waals surface area contributed by atoms with Gasteiger partial charge in [-0.25, -0.2) is 9.97 Å². The lowest BCUT2D eigenvalue weighted by molar-refractivity contribution is -0.00337. The zero-order valence-corrected chi connectivity index (χ0v) is 14.2. The molecule has 0 saturated carbocycles. The average Bonchev–Trinajstić information content (AvgIpc) is 2.62. The predicted molar refractivity (Wildman–Crippen MR) is 91.7 cm³/mol. The van der Waals surface area contributed by atoms with Crippen LogP contribution in [0.25, 0.3) is 0 Å². The lowest BCUT2D eigenvalue weighted by Crippen LogP contribution is -2.47. The number of nitrogens with zero attached hydrogens (tertiary/aromatic N) is 3. The highest BCUT2D eigenvalue weighted by molar-refractivity contribution is 5.90. The van der Waals surface area contributed by atoms with Crippen molar-refractivity contribution in [2.45, 2.75) is 25.9 Å². The Balaban J connectivity index is 1.73. The van der Waals surface area contributed by atoms with Crippen LogP contribution in [0.3, 0.4) is 0 Å². The first-order valence-corrected chi connectivity index (χ1v) is 8.32. The van der Waals surface area contributed by atoms with E-state index in [1.54, 1.807) is 25.6 Å². The van der Waals surface area contributed by atoms with Crippen LogP contribution in [0.15, 0.2) is 42.7 Å². The number of carbonyl (C=O) groups excluding carboxylic acids is 1. The van der Waals surface area contributed by atoms with Crippen LogP contribution in [0.4, 0.5) is 0 Å². The quantitative estimate of drug-likeness (QED) is 0.867. The Morgan fingerprint density at radius 3 is 2.79 bits per heavy atom. The zero-order chi connectivity index (χ0) is 16.9. The molecule has 0 N–H and O–H groups in total. The van der Waals surface area contributed by atoms with Crippen molar-refractivity contribution in [3.05, 3.63) is 59.7 Å². The van der Waals surface area contributed by atoms with Gasteiger partial charge in [0.25, 0.3) is 5.91 Å². The average molecular weight is 325 g/mol. The van der Waals surface area contributed by atoms with E-state index in [0.29, 0.717) is 13.1 Å². The largest absolute Gasteiger partial charge is 0.381 e. The van der Waals surface area contributed by atoms with Crippen molar-refractivity contribution in [1.29, 1.82) is 0 Å². The van der Waals surface area contributed by atoms with Gasteiger partial charge in [-0.2, -0.15) is 0 Å². The molecule has 1 fully saturated rings. The van der Waals surface area contributed by atoms with E-state index in [4.69, 9.17) is 4.74 Å². The molecule has 1 aromatic carbocycles. The van der Waals surface area contributed by atoms with Crippen LogP contribution in [0, 0.1) is 12.8 Å². The van der Waals surface area contributed by atoms with Gasteiger partial charge < -0.3 is 9.64 Å². The molecule has 5 nitrogen and oxygen atoms in total. The number of carbonyl (C=O) groups is 1. The molecule has 0 bridgehead atoms. The zero-order valence-electron chi connectivity index (χ0n) is 14.2. The number of hydrogen-bond donors (Lipinski definition) is 0. The van der Waals surface area contributed by atoms with Crippen LogP contribution >= 0.6 is 0 Å². The van der Waals surface area contributed by atoms with Gasteiger partial charge in [-0.1, -0.05) is 29.8 Å². The van der Waals surface area contributed by atoms with Crippen LogP contribution < -0.4 is 0 Å². The van der Waals surface area contributed by atoms with E-state index in [1.807, 2.05) is 4.90 Å². The van der Waals surface area contributed by atoms with E-state index in [1.165, 1.54) is 11.1 Å². The lowest BCUT2D eigenvalue weighted by atomic mass is 9.88. The number of likely N-dealkylation sites (tertiary alicyclic amines) is 1.